The third kappa shape index (κ3) is 3.72. The van der Waals surface area contributed by atoms with Crippen molar-refractivity contribution in [1.29, 1.82) is 0 Å². The number of benzene rings is 2. The van der Waals surface area contributed by atoms with Crippen LogP contribution in [-0.4, -0.2) is 23.0 Å². The molecule has 1 amide bonds. The summed E-state index contributed by atoms with van der Waals surface area (Å²) in [6.45, 7) is 0. The van der Waals surface area contributed by atoms with Crippen LogP contribution in [0.5, 0.6) is 5.75 Å². The maximum atomic E-state index is 12.7. The molecule has 1 N–H and O–H groups in total. The molecule has 3 heterocycles. The van der Waals surface area contributed by atoms with Crippen LogP contribution in [0.2, 0.25) is 0 Å². The molecule has 0 atom stereocenters. The van der Waals surface area contributed by atoms with Crippen LogP contribution in [0.25, 0.3) is 31.4 Å². The zero-order chi connectivity index (χ0) is 20.5. The van der Waals surface area contributed by atoms with Gasteiger partial charge in [-0.1, -0.05) is 12.1 Å². The minimum absolute atomic E-state index is 0.164. The first-order valence-corrected chi connectivity index (χ1v) is 11.6. The van der Waals surface area contributed by atoms with Crippen molar-refractivity contribution in [2.45, 2.75) is 0 Å². The van der Waals surface area contributed by atoms with Crippen molar-refractivity contribution in [3.8, 4) is 26.9 Å². The highest BCUT2D eigenvalue weighted by molar-refractivity contribution is 7.26. The molecule has 0 aliphatic carbocycles. The van der Waals surface area contributed by atoms with Crippen molar-refractivity contribution in [1.82, 2.24) is 9.97 Å². The van der Waals surface area contributed by atoms with Gasteiger partial charge in [0.15, 0.2) is 5.13 Å². The fourth-order valence-electron chi connectivity index (χ4n) is 2.94. The van der Waals surface area contributed by atoms with E-state index in [4.69, 9.17) is 4.74 Å². The number of nitrogens with zero attached hydrogens (tertiary/aromatic N) is 2. The molecule has 2 aromatic carbocycles. The Bertz CT molecular complexity index is 1300. The fourth-order valence-corrected chi connectivity index (χ4v) is 5.57. The third-order valence-corrected chi connectivity index (χ3v) is 7.49. The number of carbonyl (C=O) groups excluding carboxylic acids is 1. The van der Waals surface area contributed by atoms with E-state index in [1.165, 1.54) is 22.7 Å². The molecular weight excluding hydrogens is 434 g/mol. The molecule has 8 heteroatoms. The Balaban J connectivity index is 1.32. The van der Waals surface area contributed by atoms with Crippen LogP contribution in [-0.2, 0) is 0 Å². The molecular formula is C22H15N3O2S3. The number of rotatable bonds is 5. The van der Waals surface area contributed by atoms with Crippen LogP contribution in [0.15, 0.2) is 66.0 Å². The van der Waals surface area contributed by atoms with Gasteiger partial charge in [-0.05, 0) is 48.5 Å². The number of para-hydroxylation sites is 1. The molecule has 0 aliphatic heterocycles. The lowest BCUT2D eigenvalue weighted by Gasteiger charge is -2.01. The summed E-state index contributed by atoms with van der Waals surface area (Å²) in [5.74, 6) is 0.632. The Hall–Kier alpha value is -3.07. The number of nitrogens with one attached hydrogen (secondary N) is 1. The molecule has 5 nitrogen and oxygen atoms in total. The van der Waals surface area contributed by atoms with Crippen molar-refractivity contribution in [3.63, 3.8) is 0 Å². The predicted octanol–water partition coefficient (Wildman–Crippen LogP) is 6.41. The number of thiazole rings is 2. The summed E-state index contributed by atoms with van der Waals surface area (Å²) in [5, 5.41) is 6.33. The highest BCUT2D eigenvalue weighted by atomic mass is 32.1. The van der Waals surface area contributed by atoms with Gasteiger partial charge in [0.1, 0.15) is 10.8 Å². The predicted molar refractivity (Wildman–Crippen MR) is 125 cm³/mol. The summed E-state index contributed by atoms with van der Waals surface area (Å²) < 4.78 is 6.33. The Labute approximate surface area is 184 Å². The maximum absolute atomic E-state index is 12.7. The molecule has 30 heavy (non-hydrogen) atoms. The maximum Gasteiger partial charge on any atom is 0.267 e. The average molecular weight is 450 g/mol. The summed E-state index contributed by atoms with van der Waals surface area (Å²) in [6.07, 6.45) is 0. The van der Waals surface area contributed by atoms with E-state index in [9.17, 15) is 4.79 Å². The fraction of sp³-hybridized carbons (Fsp3) is 0.0455. The van der Waals surface area contributed by atoms with Gasteiger partial charge >= 0.3 is 0 Å². The van der Waals surface area contributed by atoms with Crippen LogP contribution >= 0.6 is 34.0 Å². The van der Waals surface area contributed by atoms with Gasteiger partial charge < -0.3 is 4.74 Å². The summed E-state index contributed by atoms with van der Waals surface area (Å²) in [6, 6.07) is 19.5. The van der Waals surface area contributed by atoms with Crippen LogP contribution < -0.4 is 10.1 Å². The normalized spacial score (nSPS) is 11.0. The van der Waals surface area contributed by atoms with Gasteiger partial charge in [0.2, 0.25) is 0 Å². The van der Waals surface area contributed by atoms with E-state index in [1.54, 1.807) is 18.4 Å². The van der Waals surface area contributed by atoms with E-state index >= 15 is 0 Å². The number of fused-ring (bicyclic) bond motifs is 1. The Morgan fingerprint density at radius 1 is 0.967 bits per heavy atom. The number of thiophene rings is 1. The van der Waals surface area contributed by atoms with Crippen molar-refractivity contribution in [2.24, 2.45) is 0 Å². The van der Waals surface area contributed by atoms with E-state index in [1.807, 2.05) is 60.0 Å². The smallest absolute Gasteiger partial charge is 0.267 e. The van der Waals surface area contributed by atoms with Gasteiger partial charge in [0, 0.05) is 10.9 Å². The van der Waals surface area contributed by atoms with Gasteiger partial charge in [0.05, 0.1) is 32.8 Å². The van der Waals surface area contributed by atoms with Gasteiger partial charge in [-0.2, -0.15) is 0 Å². The van der Waals surface area contributed by atoms with Crippen molar-refractivity contribution in [2.75, 3.05) is 12.4 Å². The highest BCUT2D eigenvalue weighted by Crippen LogP contribution is 2.35. The minimum atomic E-state index is -0.164. The Kier molecular flexibility index (Phi) is 5.04. The van der Waals surface area contributed by atoms with Crippen LogP contribution in [0, 0.1) is 0 Å². The molecule has 5 rings (SSSR count). The lowest BCUT2D eigenvalue weighted by molar-refractivity contribution is 0.103. The van der Waals surface area contributed by atoms with Crippen molar-refractivity contribution < 1.29 is 9.53 Å². The second-order valence-electron chi connectivity index (χ2n) is 6.37. The van der Waals surface area contributed by atoms with Gasteiger partial charge in [-0.3, -0.25) is 10.1 Å². The van der Waals surface area contributed by atoms with Crippen LogP contribution in [0.3, 0.4) is 0 Å². The number of hydrogen-bond donors (Lipinski definition) is 1. The molecule has 0 fully saturated rings. The number of ether oxygens (including phenoxy) is 1. The summed E-state index contributed by atoms with van der Waals surface area (Å²) in [7, 11) is 1.64. The monoisotopic (exact) mass is 449 g/mol. The van der Waals surface area contributed by atoms with Crippen molar-refractivity contribution >= 4 is 55.3 Å². The molecule has 148 valence electrons. The van der Waals surface area contributed by atoms with E-state index < -0.39 is 0 Å². The number of anilines is 1. The van der Waals surface area contributed by atoms with Gasteiger partial charge in [-0.15, -0.1) is 34.0 Å². The van der Waals surface area contributed by atoms with E-state index in [-0.39, 0.29) is 5.91 Å². The lowest BCUT2D eigenvalue weighted by atomic mass is 10.2. The van der Waals surface area contributed by atoms with Crippen LogP contribution in [0.1, 0.15) is 9.67 Å². The second-order valence-corrected chi connectivity index (χ2v) is 9.34. The van der Waals surface area contributed by atoms with Gasteiger partial charge in [0.25, 0.3) is 5.91 Å². The second kappa shape index (κ2) is 7.98. The number of methoxy groups -OCH3 is 1. The minimum Gasteiger partial charge on any atom is -0.497 e. The summed E-state index contributed by atoms with van der Waals surface area (Å²) >= 11 is 4.47. The van der Waals surface area contributed by atoms with Crippen LogP contribution in [0.4, 0.5) is 5.13 Å². The Morgan fingerprint density at radius 2 is 1.80 bits per heavy atom. The topological polar surface area (TPSA) is 64.1 Å². The zero-order valence-corrected chi connectivity index (χ0v) is 18.2. The molecule has 0 aliphatic rings. The zero-order valence-electron chi connectivity index (χ0n) is 15.8. The standard InChI is InChI=1S/C22H15N3O2S3/c1-27-14-8-6-13(7-9-14)16-12-28-22(24-16)25-20(26)18-10-11-19(29-18)21-23-15-4-2-3-5-17(15)30-21/h2-12H,1H3,(H,24,25,26). The largest absolute Gasteiger partial charge is 0.497 e. The molecule has 3 aromatic heterocycles. The number of carbonyl (C=O) groups is 1. The van der Waals surface area contributed by atoms with E-state index in [2.05, 4.69) is 21.4 Å². The van der Waals surface area contributed by atoms with E-state index in [0.29, 0.717) is 10.0 Å². The highest BCUT2D eigenvalue weighted by Gasteiger charge is 2.15. The van der Waals surface area contributed by atoms with Gasteiger partial charge in [-0.25, -0.2) is 9.97 Å². The molecule has 0 spiro atoms. The molecule has 0 saturated carbocycles. The molecule has 0 saturated heterocycles. The first-order valence-electron chi connectivity index (χ1n) is 9.07. The Morgan fingerprint density at radius 3 is 2.60 bits per heavy atom. The first-order chi connectivity index (χ1) is 14.7. The quantitative estimate of drug-likeness (QED) is 0.337. The molecule has 5 aromatic rings. The number of hydrogen-bond acceptors (Lipinski definition) is 7. The van der Waals surface area contributed by atoms with E-state index in [0.717, 1.165) is 37.1 Å². The molecule has 0 radical (unpaired) electrons. The third-order valence-electron chi connectivity index (χ3n) is 4.44. The summed E-state index contributed by atoms with van der Waals surface area (Å²) in [5.41, 5.74) is 2.77. The molecule has 0 bridgehead atoms. The molecule has 0 unspecified atom stereocenters. The lowest BCUT2D eigenvalue weighted by Crippen LogP contribution is -2.09. The number of aromatic nitrogens is 2. The van der Waals surface area contributed by atoms with Crippen molar-refractivity contribution in [3.05, 3.63) is 70.9 Å². The SMILES string of the molecule is COc1ccc(-c2csc(NC(=O)c3ccc(-c4nc5ccccc5s4)s3)n2)cc1. The average Bonchev–Trinajstić information content (AvgIpc) is 3.52. The number of amides is 1. The first kappa shape index (κ1) is 18.9. The summed E-state index contributed by atoms with van der Waals surface area (Å²) in [4.78, 5) is 23.5.